The number of aryl methyl sites for hydroxylation is 3. The van der Waals surface area contributed by atoms with Crippen LogP contribution in [0, 0.1) is 13.8 Å². The molecule has 1 amide bonds. The van der Waals surface area contributed by atoms with E-state index in [1.807, 2.05) is 41.1 Å². The summed E-state index contributed by atoms with van der Waals surface area (Å²) in [6.07, 6.45) is 6.70. The molecule has 7 nitrogen and oxygen atoms in total. The van der Waals surface area contributed by atoms with E-state index in [1.54, 1.807) is 19.4 Å². The Morgan fingerprint density at radius 3 is 2.58 bits per heavy atom. The maximum atomic E-state index is 12.2. The number of hydrogen-bond acceptors (Lipinski definition) is 5. The molecule has 0 spiro atoms. The quantitative estimate of drug-likeness (QED) is 0.440. The minimum Gasteiger partial charge on any atom is -0.421 e. The van der Waals surface area contributed by atoms with Gasteiger partial charge in [0.2, 0.25) is 17.7 Å². The van der Waals surface area contributed by atoms with Gasteiger partial charge in [-0.2, -0.15) is 0 Å². The summed E-state index contributed by atoms with van der Waals surface area (Å²) in [5.41, 5.74) is 5.21. The van der Waals surface area contributed by atoms with Crippen molar-refractivity contribution in [3.8, 4) is 22.6 Å². The summed E-state index contributed by atoms with van der Waals surface area (Å²) in [6, 6.07) is 14.2. The molecular formula is C24H25N5O2. The summed E-state index contributed by atoms with van der Waals surface area (Å²) in [6.45, 7) is 5.34. The molecular weight excluding hydrogens is 390 g/mol. The second-order valence-corrected chi connectivity index (χ2v) is 7.53. The van der Waals surface area contributed by atoms with Crippen LogP contribution in [0.4, 0.5) is 0 Å². The van der Waals surface area contributed by atoms with Crippen molar-refractivity contribution in [3.05, 3.63) is 78.2 Å². The van der Waals surface area contributed by atoms with Gasteiger partial charge in [-0.05, 0) is 47.7 Å². The predicted molar refractivity (Wildman–Crippen MR) is 118 cm³/mol. The van der Waals surface area contributed by atoms with Crippen LogP contribution < -0.4 is 5.32 Å². The third-order valence-corrected chi connectivity index (χ3v) is 5.11. The molecule has 0 radical (unpaired) electrons. The lowest BCUT2D eigenvalue weighted by Gasteiger charge is -2.09. The van der Waals surface area contributed by atoms with E-state index in [4.69, 9.17) is 4.42 Å². The summed E-state index contributed by atoms with van der Waals surface area (Å²) in [5, 5.41) is 11.0. The number of carbonyl (C=O) groups is 1. The Balaban J connectivity index is 1.36. The zero-order valence-electron chi connectivity index (χ0n) is 17.7. The normalized spacial score (nSPS) is 10.9. The predicted octanol–water partition coefficient (Wildman–Crippen LogP) is 3.97. The molecule has 4 aromatic rings. The highest BCUT2D eigenvalue weighted by molar-refractivity contribution is 5.79. The minimum atomic E-state index is 0.0309. The van der Waals surface area contributed by atoms with Crippen LogP contribution in [0.15, 0.2) is 65.6 Å². The fourth-order valence-corrected chi connectivity index (χ4v) is 3.44. The van der Waals surface area contributed by atoms with Gasteiger partial charge in [0.05, 0.1) is 12.7 Å². The Labute approximate surface area is 181 Å². The van der Waals surface area contributed by atoms with Crippen LogP contribution in [0.3, 0.4) is 0 Å². The highest BCUT2D eigenvalue weighted by Gasteiger charge is 2.10. The van der Waals surface area contributed by atoms with Crippen LogP contribution in [-0.4, -0.2) is 32.2 Å². The zero-order valence-corrected chi connectivity index (χ0v) is 17.7. The van der Waals surface area contributed by atoms with Crippen molar-refractivity contribution < 1.29 is 9.21 Å². The molecule has 31 heavy (non-hydrogen) atoms. The van der Waals surface area contributed by atoms with Gasteiger partial charge in [0, 0.05) is 38.0 Å². The highest BCUT2D eigenvalue weighted by Crippen LogP contribution is 2.29. The fourth-order valence-electron chi connectivity index (χ4n) is 3.44. The molecule has 0 saturated heterocycles. The summed E-state index contributed by atoms with van der Waals surface area (Å²) < 4.78 is 7.55. The van der Waals surface area contributed by atoms with Gasteiger partial charge in [-0.25, -0.2) is 4.98 Å². The number of aromatic nitrogens is 4. The first-order valence-electron chi connectivity index (χ1n) is 10.3. The second-order valence-electron chi connectivity index (χ2n) is 7.53. The van der Waals surface area contributed by atoms with Crippen molar-refractivity contribution in [2.75, 3.05) is 6.54 Å². The topological polar surface area (TPSA) is 85.8 Å². The Kier molecular flexibility index (Phi) is 6.21. The highest BCUT2D eigenvalue weighted by atomic mass is 16.4. The summed E-state index contributed by atoms with van der Waals surface area (Å²) in [5.74, 6) is 1.09. The summed E-state index contributed by atoms with van der Waals surface area (Å²) >= 11 is 0. The van der Waals surface area contributed by atoms with Crippen molar-refractivity contribution in [1.29, 1.82) is 0 Å². The van der Waals surface area contributed by atoms with Gasteiger partial charge in [-0.1, -0.05) is 30.3 Å². The number of imidazole rings is 1. The van der Waals surface area contributed by atoms with Crippen LogP contribution in [-0.2, 0) is 17.8 Å². The Hall–Kier alpha value is -3.74. The van der Waals surface area contributed by atoms with Gasteiger partial charge in [0.25, 0.3) is 0 Å². The number of amides is 1. The van der Waals surface area contributed by atoms with E-state index in [1.165, 1.54) is 0 Å². The number of hydrogen-bond donors (Lipinski definition) is 1. The van der Waals surface area contributed by atoms with Crippen LogP contribution in [0.25, 0.3) is 22.6 Å². The van der Waals surface area contributed by atoms with Gasteiger partial charge in [0.1, 0.15) is 0 Å². The summed E-state index contributed by atoms with van der Waals surface area (Å²) in [7, 11) is 0. The fraction of sp³-hybridized carbons (Fsp3) is 0.250. The van der Waals surface area contributed by atoms with Crippen LogP contribution in [0.2, 0.25) is 0 Å². The lowest BCUT2D eigenvalue weighted by Crippen LogP contribution is -2.26. The van der Waals surface area contributed by atoms with Crippen LogP contribution >= 0.6 is 0 Å². The molecule has 0 saturated carbocycles. The molecule has 1 N–H and O–H groups in total. The molecule has 0 aliphatic rings. The van der Waals surface area contributed by atoms with E-state index in [9.17, 15) is 4.79 Å². The first-order chi connectivity index (χ1) is 15.1. The molecule has 158 valence electrons. The molecule has 2 aromatic carbocycles. The molecule has 2 aromatic heterocycles. The molecule has 0 bridgehead atoms. The molecule has 0 fully saturated rings. The number of benzene rings is 2. The Bertz CT molecular complexity index is 1150. The van der Waals surface area contributed by atoms with Gasteiger partial charge in [-0.3, -0.25) is 4.79 Å². The van der Waals surface area contributed by atoms with E-state index < -0.39 is 0 Å². The standard InChI is InChI=1S/C24H25N5O2/c1-17-4-7-21(24-28-27-18(2)31-24)15-22(17)20-8-5-19(6-9-20)14-23(30)26-10-3-12-29-13-11-25-16-29/h4-9,11,13,15-16H,3,10,12,14H2,1-2H3,(H,26,30). The maximum Gasteiger partial charge on any atom is 0.247 e. The monoisotopic (exact) mass is 415 g/mol. The van der Waals surface area contributed by atoms with Gasteiger partial charge in [-0.15, -0.1) is 10.2 Å². The average Bonchev–Trinajstić information content (AvgIpc) is 3.44. The van der Waals surface area contributed by atoms with E-state index in [0.717, 1.165) is 40.8 Å². The van der Waals surface area contributed by atoms with Crippen molar-refractivity contribution >= 4 is 5.91 Å². The first kappa shape index (κ1) is 20.5. The van der Waals surface area contributed by atoms with Crippen molar-refractivity contribution in [3.63, 3.8) is 0 Å². The van der Waals surface area contributed by atoms with E-state index >= 15 is 0 Å². The number of nitrogens with one attached hydrogen (secondary N) is 1. The Morgan fingerprint density at radius 2 is 1.87 bits per heavy atom. The number of carbonyl (C=O) groups excluding carboxylic acids is 1. The maximum absolute atomic E-state index is 12.2. The van der Waals surface area contributed by atoms with Crippen LogP contribution in [0.1, 0.15) is 23.4 Å². The smallest absolute Gasteiger partial charge is 0.247 e. The van der Waals surface area contributed by atoms with Gasteiger partial charge < -0.3 is 14.3 Å². The van der Waals surface area contributed by atoms with Gasteiger partial charge >= 0.3 is 0 Å². The molecule has 0 aliphatic heterocycles. The molecule has 4 rings (SSSR count). The average molecular weight is 415 g/mol. The lowest BCUT2D eigenvalue weighted by atomic mass is 9.96. The Morgan fingerprint density at radius 1 is 1.06 bits per heavy atom. The SMILES string of the molecule is Cc1nnc(-c2ccc(C)c(-c3ccc(CC(=O)NCCCn4ccnc4)cc3)c2)o1. The number of rotatable bonds is 8. The molecule has 0 unspecified atom stereocenters. The van der Waals surface area contributed by atoms with Gasteiger partial charge in [0.15, 0.2) is 0 Å². The minimum absolute atomic E-state index is 0.0309. The lowest BCUT2D eigenvalue weighted by molar-refractivity contribution is -0.120. The summed E-state index contributed by atoms with van der Waals surface area (Å²) in [4.78, 5) is 16.2. The first-order valence-corrected chi connectivity index (χ1v) is 10.3. The molecule has 0 atom stereocenters. The van der Waals surface area contributed by atoms with Crippen molar-refractivity contribution in [2.45, 2.75) is 33.2 Å². The van der Waals surface area contributed by atoms with E-state index in [0.29, 0.717) is 24.7 Å². The zero-order chi connectivity index (χ0) is 21.6. The van der Waals surface area contributed by atoms with Crippen molar-refractivity contribution in [2.24, 2.45) is 0 Å². The molecule has 7 heteroatoms. The number of nitrogens with zero attached hydrogens (tertiary/aromatic N) is 4. The molecule has 2 heterocycles. The second kappa shape index (κ2) is 9.38. The molecule has 0 aliphatic carbocycles. The third-order valence-electron chi connectivity index (χ3n) is 5.11. The van der Waals surface area contributed by atoms with Crippen LogP contribution in [0.5, 0.6) is 0 Å². The van der Waals surface area contributed by atoms with Crippen molar-refractivity contribution in [1.82, 2.24) is 25.1 Å². The third kappa shape index (κ3) is 5.25. The largest absolute Gasteiger partial charge is 0.421 e. The van der Waals surface area contributed by atoms with E-state index in [2.05, 4.69) is 39.6 Å². The van der Waals surface area contributed by atoms with E-state index in [-0.39, 0.29) is 5.91 Å².